The van der Waals surface area contributed by atoms with Crippen LogP contribution in [0.25, 0.3) is 0 Å². The molecule has 1 atom stereocenters. The number of carbonyl (C=O) groups is 1. The molecule has 2 saturated heterocycles. The summed E-state index contributed by atoms with van der Waals surface area (Å²) >= 11 is 5.94. The summed E-state index contributed by atoms with van der Waals surface area (Å²) in [4.78, 5) is 16.5. The SMILES string of the molecule is Cl.O=C(CCN1CCOC(c2ccc(Cl)cc2)C1)N1CCNCC1. The minimum atomic E-state index is 0. The van der Waals surface area contributed by atoms with Gasteiger partial charge in [0.1, 0.15) is 0 Å². The van der Waals surface area contributed by atoms with Gasteiger partial charge in [0.25, 0.3) is 0 Å². The molecule has 1 aromatic rings. The predicted octanol–water partition coefficient (Wildman–Crippen LogP) is 1.96. The minimum Gasteiger partial charge on any atom is -0.371 e. The Morgan fingerprint density at radius 2 is 1.92 bits per heavy atom. The van der Waals surface area contributed by atoms with E-state index in [1.165, 1.54) is 0 Å². The lowest BCUT2D eigenvalue weighted by molar-refractivity contribution is -0.132. The molecule has 0 bridgehead atoms. The third kappa shape index (κ3) is 5.33. The molecule has 24 heavy (non-hydrogen) atoms. The number of halogens is 2. The molecule has 2 aliphatic rings. The number of piperazine rings is 1. The second-order valence-electron chi connectivity index (χ2n) is 6.09. The summed E-state index contributed by atoms with van der Waals surface area (Å²) in [5, 5.41) is 4.01. The fraction of sp³-hybridized carbons (Fsp3) is 0.588. The van der Waals surface area contributed by atoms with E-state index in [-0.39, 0.29) is 24.4 Å². The largest absolute Gasteiger partial charge is 0.371 e. The zero-order valence-electron chi connectivity index (χ0n) is 13.7. The normalized spacial score (nSPS) is 22.0. The van der Waals surface area contributed by atoms with E-state index >= 15 is 0 Å². The molecular formula is C17H25Cl2N3O2. The zero-order chi connectivity index (χ0) is 16.1. The summed E-state index contributed by atoms with van der Waals surface area (Å²) in [6, 6.07) is 7.82. The van der Waals surface area contributed by atoms with Crippen molar-refractivity contribution in [3.63, 3.8) is 0 Å². The predicted molar refractivity (Wildman–Crippen MR) is 97.9 cm³/mol. The molecule has 0 saturated carbocycles. The summed E-state index contributed by atoms with van der Waals surface area (Å²) in [6.07, 6.45) is 0.656. The smallest absolute Gasteiger partial charge is 0.223 e. The van der Waals surface area contributed by atoms with Crippen molar-refractivity contribution in [2.24, 2.45) is 0 Å². The van der Waals surface area contributed by atoms with Crippen LogP contribution in [0.2, 0.25) is 5.02 Å². The Labute approximate surface area is 154 Å². The van der Waals surface area contributed by atoms with E-state index in [4.69, 9.17) is 16.3 Å². The van der Waals surface area contributed by atoms with E-state index in [0.29, 0.717) is 13.0 Å². The first-order chi connectivity index (χ1) is 11.2. The van der Waals surface area contributed by atoms with E-state index in [0.717, 1.165) is 56.4 Å². The van der Waals surface area contributed by atoms with Crippen molar-refractivity contribution in [2.45, 2.75) is 12.5 Å². The van der Waals surface area contributed by atoms with E-state index in [1.54, 1.807) is 0 Å². The number of morpholine rings is 1. The molecule has 0 aliphatic carbocycles. The molecule has 2 fully saturated rings. The van der Waals surface area contributed by atoms with Gasteiger partial charge in [0.15, 0.2) is 0 Å². The van der Waals surface area contributed by atoms with E-state index in [2.05, 4.69) is 10.2 Å². The van der Waals surface area contributed by atoms with Crippen LogP contribution in [0, 0.1) is 0 Å². The Morgan fingerprint density at radius 1 is 1.21 bits per heavy atom. The van der Waals surface area contributed by atoms with Gasteiger partial charge < -0.3 is 15.0 Å². The van der Waals surface area contributed by atoms with Crippen molar-refractivity contribution in [3.05, 3.63) is 34.9 Å². The lowest BCUT2D eigenvalue weighted by atomic mass is 10.1. The van der Waals surface area contributed by atoms with Crippen molar-refractivity contribution in [3.8, 4) is 0 Å². The molecule has 5 nitrogen and oxygen atoms in total. The monoisotopic (exact) mass is 373 g/mol. The molecule has 1 amide bonds. The average molecular weight is 374 g/mol. The van der Waals surface area contributed by atoms with Gasteiger partial charge in [-0.2, -0.15) is 0 Å². The van der Waals surface area contributed by atoms with Crippen LogP contribution < -0.4 is 5.32 Å². The Bertz CT molecular complexity index is 521. The number of hydrogen-bond donors (Lipinski definition) is 1. The molecular weight excluding hydrogens is 349 g/mol. The maximum atomic E-state index is 12.3. The Hall–Kier alpha value is -0.850. The molecule has 1 unspecified atom stereocenters. The van der Waals surface area contributed by atoms with Crippen LogP contribution in [0.15, 0.2) is 24.3 Å². The van der Waals surface area contributed by atoms with Crippen LogP contribution in [0.4, 0.5) is 0 Å². The first-order valence-electron chi connectivity index (χ1n) is 8.30. The van der Waals surface area contributed by atoms with Gasteiger partial charge in [-0.05, 0) is 17.7 Å². The van der Waals surface area contributed by atoms with Crippen LogP contribution in [-0.4, -0.2) is 68.1 Å². The highest BCUT2D eigenvalue weighted by atomic mass is 35.5. The number of carbonyl (C=O) groups excluding carboxylic acids is 1. The van der Waals surface area contributed by atoms with Crippen LogP contribution >= 0.6 is 24.0 Å². The first kappa shape index (κ1) is 19.5. The quantitative estimate of drug-likeness (QED) is 0.875. The van der Waals surface area contributed by atoms with Gasteiger partial charge in [0.05, 0.1) is 12.7 Å². The maximum Gasteiger partial charge on any atom is 0.223 e. The fourth-order valence-electron chi connectivity index (χ4n) is 3.11. The average Bonchev–Trinajstić information content (AvgIpc) is 2.61. The number of ether oxygens (including phenoxy) is 1. The topological polar surface area (TPSA) is 44.8 Å². The van der Waals surface area contributed by atoms with Gasteiger partial charge in [-0.1, -0.05) is 23.7 Å². The van der Waals surface area contributed by atoms with Crippen molar-refractivity contribution in [1.82, 2.24) is 15.1 Å². The highest BCUT2D eigenvalue weighted by Crippen LogP contribution is 2.23. The summed E-state index contributed by atoms with van der Waals surface area (Å²) in [5.74, 6) is 0.265. The number of hydrogen-bond acceptors (Lipinski definition) is 4. The molecule has 2 heterocycles. The molecule has 3 rings (SSSR count). The summed E-state index contributed by atoms with van der Waals surface area (Å²) < 4.78 is 5.87. The number of nitrogens with zero attached hydrogens (tertiary/aromatic N) is 2. The summed E-state index contributed by atoms with van der Waals surface area (Å²) in [5.41, 5.74) is 1.15. The van der Waals surface area contributed by atoms with E-state index in [1.807, 2.05) is 29.2 Å². The number of amides is 1. The highest BCUT2D eigenvalue weighted by Gasteiger charge is 2.23. The molecule has 7 heteroatoms. The molecule has 1 N–H and O–H groups in total. The minimum absolute atomic E-state index is 0. The van der Waals surface area contributed by atoms with Crippen molar-refractivity contribution < 1.29 is 9.53 Å². The van der Waals surface area contributed by atoms with E-state index in [9.17, 15) is 4.79 Å². The molecule has 134 valence electrons. The second-order valence-corrected chi connectivity index (χ2v) is 6.53. The van der Waals surface area contributed by atoms with Crippen molar-refractivity contribution in [1.29, 1.82) is 0 Å². The fourth-order valence-corrected chi connectivity index (χ4v) is 3.24. The Morgan fingerprint density at radius 3 is 2.62 bits per heavy atom. The van der Waals surface area contributed by atoms with Crippen LogP contribution in [-0.2, 0) is 9.53 Å². The highest BCUT2D eigenvalue weighted by molar-refractivity contribution is 6.30. The summed E-state index contributed by atoms with van der Waals surface area (Å²) in [6.45, 7) is 6.69. The third-order valence-electron chi connectivity index (χ3n) is 4.50. The third-order valence-corrected chi connectivity index (χ3v) is 4.76. The van der Waals surface area contributed by atoms with Crippen LogP contribution in [0.3, 0.4) is 0 Å². The molecule has 0 spiro atoms. The maximum absolute atomic E-state index is 12.3. The number of nitrogens with one attached hydrogen (secondary N) is 1. The van der Waals surface area contributed by atoms with Gasteiger partial charge >= 0.3 is 0 Å². The van der Waals surface area contributed by atoms with Crippen LogP contribution in [0.1, 0.15) is 18.1 Å². The molecule has 0 radical (unpaired) electrons. The first-order valence-corrected chi connectivity index (χ1v) is 8.68. The van der Waals surface area contributed by atoms with Gasteiger partial charge in [0.2, 0.25) is 5.91 Å². The number of rotatable bonds is 4. The van der Waals surface area contributed by atoms with Crippen molar-refractivity contribution >= 4 is 29.9 Å². The molecule has 0 aromatic heterocycles. The summed E-state index contributed by atoms with van der Waals surface area (Å²) in [7, 11) is 0. The number of benzene rings is 1. The molecule has 2 aliphatic heterocycles. The Balaban J connectivity index is 0.00000208. The lowest BCUT2D eigenvalue weighted by Gasteiger charge is -2.34. The van der Waals surface area contributed by atoms with Gasteiger partial charge in [-0.3, -0.25) is 9.69 Å². The van der Waals surface area contributed by atoms with Gasteiger partial charge in [0, 0.05) is 57.3 Å². The van der Waals surface area contributed by atoms with Crippen LogP contribution in [0.5, 0.6) is 0 Å². The zero-order valence-corrected chi connectivity index (χ0v) is 15.3. The lowest BCUT2D eigenvalue weighted by Crippen LogP contribution is -2.47. The van der Waals surface area contributed by atoms with Crippen molar-refractivity contribution in [2.75, 3.05) is 52.4 Å². The van der Waals surface area contributed by atoms with Gasteiger partial charge in [-0.25, -0.2) is 0 Å². The van der Waals surface area contributed by atoms with Gasteiger partial charge in [-0.15, -0.1) is 12.4 Å². The Kier molecular flexibility index (Phi) is 7.78. The molecule has 1 aromatic carbocycles. The second kappa shape index (κ2) is 9.59. The standard InChI is InChI=1S/C17H24ClN3O2.ClH/c18-15-3-1-14(2-4-15)16-13-20(11-12-23-16)8-5-17(22)21-9-6-19-7-10-21;/h1-4,16,19H,5-13H2;1H. The van der Waals surface area contributed by atoms with E-state index < -0.39 is 0 Å².